The SMILES string of the molecule is C[Si](C)(O)N=C=O. The molecule has 0 amide bonds. The molecule has 0 rings (SSSR count). The van der Waals surface area contributed by atoms with Gasteiger partial charge in [-0.25, -0.2) is 9.45 Å². The predicted octanol–water partition coefficient (Wildman–Crippen LogP) is 0.0163. The molecule has 0 unspecified atom stereocenters. The van der Waals surface area contributed by atoms with E-state index in [2.05, 4.69) is 4.66 Å². The molecule has 0 fully saturated rings. The molecule has 3 nitrogen and oxygen atoms in total. The summed E-state index contributed by atoms with van der Waals surface area (Å²) in [5, 5.41) is 0. The topological polar surface area (TPSA) is 49.7 Å². The van der Waals surface area contributed by atoms with Crippen molar-refractivity contribution >= 4 is 14.6 Å². The first kappa shape index (κ1) is 6.56. The van der Waals surface area contributed by atoms with Crippen molar-refractivity contribution in [2.45, 2.75) is 13.1 Å². The maximum absolute atomic E-state index is 9.40. The molecule has 0 aromatic rings. The van der Waals surface area contributed by atoms with E-state index in [-0.39, 0.29) is 0 Å². The highest BCUT2D eigenvalue weighted by molar-refractivity contribution is 6.68. The minimum Gasteiger partial charge on any atom is -0.414 e. The lowest BCUT2D eigenvalue weighted by Gasteiger charge is -1.99. The van der Waals surface area contributed by atoms with Crippen LogP contribution in [0.15, 0.2) is 4.66 Å². The highest BCUT2D eigenvalue weighted by Crippen LogP contribution is 1.92. The van der Waals surface area contributed by atoms with E-state index in [0.29, 0.717) is 0 Å². The van der Waals surface area contributed by atoms with E-state index in [0.717, 1.165) is 0 Å². The van der Waals surface area contributed by atoms with Crippen LogP contribution < -0.4 is 0 Å². The van der Waals surface area contributed by atoms with E-state index >= 15 is 0 Å². The molecule has 0 spiro atoms. The van der Waals surface area contributed by atoms with Crippen LogP contribution in [0.1, 0.15) is 0 Å². The number of rotatable bonds is 1. The lowest BCUT2D eigenvalue weighted by molar-refractivity contribution is 0.544. The Morgan fingerprint density at radius 2 is 2.14 bits per heavy atom. The normalized spacial score (nSPS) is 10.1. The zero-order valence-corrected chi connectivity index (χ0v) is 5.30. The van der Waals surface area contributed by atoms with Gasteiger partial charge in [0.25, 0.3) is 0 Å². The Bertz CT molecular complexity index is 100.0. The van der Waals surface area contributed by atoms with Crippen LogP contribution >= 0.6 is 0 Å². The highest BCUT2D eigenvalue weighted by Gasteiger charge is 2.13. The molecular weight excluding hydrogens is 110 g/mol. The van der Waals surface area contributed by atoms with Gasteiger partial charge in [-0.15, -0.1) is 0 Å². The molecule has 0 aliphatic carbocycles. The summed E-state index contributed by atoms with van der Waals surface area (Å²) in [6, 6.07) is 0. The Hall–Kier alpha value is -0.443. The van der Waals surface area contributed by atoms with Gasteiger partial charge in [0.2, 0.25) is 6.08 Å². The fraction of sp³-hybridized carbons (Fsp3) is 0.667. The van der Waals surface area contributed by atoms with Crippen molar-refractivity contribution in [2.24, 2.45) is 4.66 Å². The molecule has 40 valence electrons. The third-order valence-corrected chi connectivity index (χ3v) is 0.958. The van der Waals surface area contributed by atoms with Gasteiger partial charge in [-0.3, -0.25) is 0 Å². The molecular formula is C3H7NO2Si. The molecule has 0 aliphatic rings. The average Bonchev–Trinajstić information content (AvgIpc) is 1.30. The Kier molecular flexibility index (Phi) is 1.89. The summed E-state index contributed by atoms with van der Waals surface area (Å²) in [7, 11) is -2.46. The van der Waals surface area contributed by atoms with Gasteiger partial charge in [0, 0.05) is 0 Å². The second-order valence-corrected chi connectivity index (χ2v) is 4.91. The smallest absolute Gasteiger partial charge is 0.325 e. The van der Waals surface area contributed by atoms with Crippen molar-refractivity contribution in [3.63, 3.8) is 0 Å². The van der Waals surface area contributed by atoms with E-state index < -0.39 is 8.48 Å². The van der Waals surface area contributed by atoms with Gasteiger partial charge in [0.1, 0.15) is 0 Å². The first-order valence-electron chi connectivity index (χ1n) is 1.87. The van der Waals surface area contributed by atoms with Gasteiger partial charge in [0.05, 0.1) is 0 Å². The lowest BCUT2D eigenvalue weighted by atomic mass is 11.7. The van der Waals surface area contributed by atoms with Gasteiger partial charge in [-0.2, -0.15) is 0 Å². The summed E-state index contributed by atoms with van der Waals surface area (Å²) in [5.74, 6) is 0. The Morgan fingerprint density at radius 1 is 1.71 bits per heavy atom. The Labute approximate surface area is 42.9 Å². The number of hydrogen-bond donors (Lipinski definition) is 1. The second kappa shape index (κ2) is 2.02. The van der Waals surface area contributed by atoms with Crippen molar-refractivity contribution in [1.29, 1.82) is 0 Å². The number of nitrogens with zero attached hydrogens (tertiary/aromatic N) is 1. The van der Waals surface area contributed by atoms with Crippen LogP contribution in [0.4, 0.5) is 0 Å². The van der Waals surface area contributed by atoms with E-state index in [1.54, 1.807) is 0 Å². The minimum absolute atomic E-state index is 1.29. The fourth-order valence-corrected chi connectivity index (χ4v) is 0.335. The van der Waals surface area contributed by atoms with Crippen molar-refractivity contribution in [3.05, 3.63) is 0 Å². The van der Waals surface area contributed by atoms with E-state index in [1.807, 2.05) is 0 Å². The predicted molar refractivity (Wildman–Crippen MR) is 27.8 cm³/mol. The molecule has 4 heteroatoms. The van der Waals surface area contributed by atoms with Crippen LogP contribution in [0.3, 0.4) is 0 Å². The molecule has 7 heavy (non-hydrogen) atoms. The monoisotopic (exact) mass is 117 g/mol. The summed E-state index contributed by atoms with van der Waals surface area (Å²) in [5.41, 5.74) is 0. The Morgan fingerprint density at radius 3 is 2.14 bits per heavy atom. The lowest BCUT2D eigenvalue weighted by Crippen LogP contribution is -2.20. The largest absolute Gasteiger partial charge is 0.414 e. The quantitative estimate of drug-likeness (QED) is 0.299. The number of carbonyl (C=O) groups excluding carboxylic acids is 1. The molecule has 0 atom stereocenters. The van der Waals surface area contributed by atoms with Gasteiger partial charge < -0.3 is 4.80 Å². The van der Waals surface area contributed by atoms with Gasteiger partial charge >= 0.3 is 8.48 Å². The molecule has 0 heterocycles. The first-order chi connectivity index (χ1) is 3.06. The van der Waals surface area contributed by atoms with Crippen LogP contribution in [0.5, 0.6) is 0 Å². The fourth-order valence-electron chi connectivity index (χ4n) is 0.112. The third-order valence-electron chi connectivity index (χ3n) is 0.319. The van der Waals surface area contributed by atoms with E-state index in [4.69, 9.17) is 4.80 Å². The van der Waals surface area contributed by atoms with Crippen LogP contribution in [0.25, 0.3) is 0 Å². The summed E-state index contributed by atoms with van der Waals surface area (Å²) >= 11 is 0. The third kappa shape index (κ3) is 5.56. The van der Waals surface area contributed by atoms with Gasteiger partial charge in [-0.05, 0) is 13.1 Å². The molecule has 1 N–H and O–H groups in total. The molecule has 0 aromatic heterocycles. The average molecular weight is 117 g/mol. The van der Waals surface area contributed by atoms with E-state index in [9.17, 15) is 4.79 Å². The summed E-state index contributed by atoms with van der Waals surface area (Å²) in [6.07, 6.45) is 1.29. The van der Waals surface area contributed by atoms with Crippen molar-refractivity contribution in [2.75, 3.05) is 0 Å². The molecule has 0 bridgehead atoms. The zero-order valence-electron chi connectivity index (χ0n) is 4.30. The molecule has 0 aliphatic heterocycles. The van der Waals surface area contributed by atoms with Crippen LogP contribution in [-0.2, 0) is 4.79 Å². The Balaban J connectivity index is 3.80. The van der Waals surface area contributed by atoms with Crippen molar-refractivity contribution in [3.8, 4) is 0 Å². The van der Waals surface area contributed by atoms with Crippen LogP contribution in [0, 0.1) is 0 Å². The number of hydrogen-bond acceptors (Lipinski definition) is 3. The second-order valence-electron chi connectivity index (χ2n) is 1.70. The maximum Gasteiger partial charge on any atom is 0.325 e. The van der Waals surface area contributed by atoms with Gasteiger partial charge in [0.15, 0.2) is 0 Å². The van der Waals surface area contributed by atoms with Crippen LogP contribution in [-0.4, -0.2) is 19.4 Å². The summed E-state index contributed by atoms with van der Waals surface area (Å²) in [6.45, 7) is 3.08. The zero-order chi connectivity index (χ0) is 5.91. The van der Waals surface area contributed by atoms with Crippen molar-refractivity contribution < 1.29 is 9.59 Å². The highest BCUT2D eigenvalue weighted by atomic mass is 28.4. The molecule has 0 saturated carbocycles. The maximum atomic E-state index is 9.40. The molecule has 0 radical (unpaired) electrons. The van der Waals surface area contributed by atoms with Crippen LogP contribution in [0.2, 0.25) is 13.1 Å². The standard InChI is InChI=1S/C3H7NO2Si/c1-7(2,6)4-3-5/h6H,1-2H3. The minimum atomic E-state index is -2.46. The molecule has 0 aromatic carbocycles. The number of isocyanates is 1. The van der Waals surface area contributed by atoms with Crippen molar-refractivity contribution in [1.82, 2.24) is 0 Å². The van der Waals surface area contributed by atoms with E-state index in [1.165, 1.54) is 19.2 Å². The summed E-state index contributed by atoms with van der Waals surface area (Å²) < 4.78 is 3.15. The first-order valence-corrected chi connectivity index (χ1v) is 4.77. The molecule has 0 saturated heterocycles. The van der Waals surface area contributed by atoms with Gasteiger partial charge in [-0.1, -0.05) is 0 Å². The summed E-state index contributed by atoms with van der Waals surface area (Å²) in [4.78, 5) is 18.1.